The van der Waals surface area contributed by atoms with Crippen molar-refractivity contribution in [3.05, 3.63) is 24.0 Å². The number of rotatable bonds is 12. The fourth-order valence-corrected chi connectivity index (χ4v) is 3.11. The maximum absolute atomic E-state index is 11.5. The van der Waals surface area contributed by atoms with Gasteiger partial charge in [-0.05, 0) is 31.9 Å². The summed E-state index contributed by atoms with van der Waals surface area (Å²) in [5.41, 5.74) is 2.30. The number of nitrogens with one attached hydrogen (secondary N) is 2. The molecule has 0 fully saturated rings. The molecule has 1 aromatic carbocycles. The molecule has 0 aliphatic rings. The van der Waals surface area contributed by atoms with Crippen LogP contribution in [0.2, 0.25) is 0 Å². The Balaban J connectivity index is 1.61. The molecule has 0 bridgehead atoms. The molecule has 2 N–H and O–H groups in total. The molecule has 172 valence electrons. The van der Waals surface area contributed by atoms with E-state index in [9.17, 15) is 9.59 Å². The number of aromatic nitrogens is 4. The lowest BCUT2D eigenvalue weighted by Crippen LogP contribution is -2.29. The van der Waals surface area contributed by atoms with Crippen molar-refractivity contribution >= 4 is 34.4 Å². The summed E-state index contributed by atoms with van der Waals surface area (Å²) in [7, 11) is 1.63. The monoisotopic (exact) mass is 444 g/mol. The van der Waals surface area contributed by atoms with Crippen molar-refractivity contribution < 1.29 is 23.8 Å². The van der Waals surface area contributed by atoms with Crippen LogP contribution < -0.4 is 15.4 Å². The largest absolute Gasteiger partial charge is 0.491 e. The van der Waals surface area contributed by atoms with Gasteiger partial charge in [-0.3, -0.25) is 14.0 Å². The number of anilines is 1. The molecule has 11 heteroatoms. The molecule has 3 rings (SSSR count). The third-order valence-corrected chi connectivity index (χ3v) is 4.64. The zero-order chi connectivity index (χ0) is 22.9. The summed E-state index contributed by atoms with van der Waals surface area (Å²) in [5, 5.41) is 14.5. The second-order valence-corrected chi connectivity index (χ2v) is 7.12. The maximum Gasteiger partial charge on any atom is 0.303 e. The van der Waals surface area contributed by atoms with E-state index in [-0.39, 0.29) is 12.5 Å². The topological polar surface area (TPSA) is 129 Å². The number of benzene rings is 1. The molecule has 0 unspecified atom stereocenters. The van der Waals surface area contributed by atoms with Crippen LogP contribution in [0, 0.1) is 6.92 Å². The standard InChI is InChI=1S/C21H28N6O5/c1-14-25-26-21-20(23-9-5-4-8-22-19(29)13-32-15(2)28)24-17-12-16(31-11-10-30-3)6-7-18(17)27(14)21/h6-7,12H,4-5,8-11,13H2,1-3H3,(H,22,29)(H,23,24). The molecule has 1 amide bonds. The molecule has 11 nitrogen and oxygen atoms in total. The van der Waals surface area contributed by atoms with Gasteiger partial charge >= 0.3 is 5.97 Å². The van der Waals surface area contributed by atoms with Crippen molar-refractivity contribution in [2.75, 3.05) is 45.3 Å². The van der Waals surface area contributed by atoms with E-state index in [4.69, 9.17) is 14.5 Å². The molecule has 2 heterocycles. The molecule has 0 radical (unpaired) electrons. The fraction of sp³-hybridized carbons (Fsp3) is 0.476. The lowest BCUT2D eigenvalue weighted by molar-refractivity contribution is -0.146. The van der Waals surface area contributed by atoms with Crippen LogP contribution in [0.25, 0.3) is 16.7 Å². The first-order valence-electron chi connectivity index (χ1n) is 10.4. The Morgan fingerprint density at radius 2 is 1.94 bits per heavy atom. The average Bonchev–Trinajstić information content (AvgIpc) is 3.16. The molecule has 0 atom stereocenters. The van der Waals surface area contributed by atoms with Gasteiger partial charge in [-0.15, -0.1) is 10.2 Å². The number of amides is 1. The molecular formula is C21H28N6O5. The van der Waals surface area contributed by atoms with E-state index in [0.717, 1.165) is 29.7 Å². The number of unbranched alkanes of at least 4 members (excludes halogenated alkanes) is 1. The van der Waals surface area contributed by atoms with Gasteiger partial charge in [0.25, 0.3) is 5.91 Å². The molecule has 3 aromatic rings. The van der Waals surface area contributed by atoms with Crippen LogP contribution in [0.5, 0.6) is 5.75 Å². The first-order chi connectivity index (χ1) is 15.5. The van der Waals surface area contributed by atoms with E-state index in [1.807, 2.05) is 29.5 Å². The lowest BCUT2D eigenvalue weighted by atomic mass is 10.2. The SMILES string of the molecule is COCCOc1ccc2c(c1)nc(NCCCCNC(=O)COC(C)=O)c1nnc(C)n12. The number of nitrogens with zero attached hydrogens (tertiary/aromatic N) is 4. The van der Waals surface area contributed by atoms with Gasteiger partial charge in [-0.2, -0.15) is 0 Å². The van der Waals surface area contributed by atoms with Crippen LogP contribution in [-0.2, 0) is 19.1 Å². The van der Waals surface area contributed by atoms with Gasteiger partial charge in [0.1, 0.15) is 18.2 Å². The quantitative estimate of drug-likeness (QED) is 0.315. The lowest BCUT2D eigenvalue weighted by Gasteiger charge is -2.11. The third-order valence-electron chi connectivity index (χ3n) is 4.64. The summed E-state index contributed by atoms with van der Waals surface area (Å²) in [5.74, 6) is 1.32. The Morgan fingerprint density at radius 3 is 2.72 bits per heavy atom. The Morgan fingerprint density at radius 1 is 1.12 bits per heavy atom. The van der Waals surface area contributed by atoms with Gasteiger partial charge in [0.2, 0.25) is 5.65 Å². The van der Waals surface area contributed by atoms with Gasteiger partial charge in [0, 0.05) is 33.2 Å². The summed E-state index contributed by atoms with van der Waals surface area (Å²) >= 11 is 0. The van der Waals surface area contributed by atoms with Gasteiger partial charge in [0.05, 0.1) is 17.6 Å². The first-order valence-corrected chi connectivity index (χ1v) is 10.4. The van der Waals surface area contributed by atoms with Crippen LogP contribution in [0.15, 0.2) is 18.2 Å². The van der Waals surface area contributed by atoms with Crippen LogP contribution in [0.1, 0.15) is 25.6 Å². The summed E-state index contributed by atoms with van der Waals surface area (Å²) in [6.07, 6.45) is 1.55. The van der Waals surface area contributed by atoms with Crippen molar-refractivity contribution in [1.29, 1.82) is 0 Å². The second-order valence-electron chi connectivity index (χ2n) is 7.12. The van der Waals surface area contributed by atoms with Crippen LogP contribution in [-0.4, -0.2) is 71.5 Å². The molecular weight excluding hydrogens is 416 g/mol. The third kappa shape index (κ3) is 6.03. The molecule has 0 aliphatic carbocycles. The summed E-state index contributed by atoms with van der Waals surface area (Å²) < 4.78 is 17.3. The minimum atomic E-state index is -0.476. The molecule has 0 saturated carbocycles. The molecule has 0 aliphatic heterocycles. The van der Waals surface area contributed by atoms with Crippen LogP contribution in [0.3, 0.4) is 0 Å². The second kappa shape index (κ2) is 11.2. The Bertz CT molecular complexity index is 1080. The molecule has 2 aromatic heterocycles. The van der Waals surface area contributed by atoms with Crippen LogP contribution >= 0.6 is 0 Å². The fourth-order valence-electron chi connectivity index (χ4n) is 3.11. The zero-order valence-electron chi connectivity index (χ0n) is 18.5. The van der Waals surface area contributed by atoms with E-state index in [1.165, 1.54) is 6.92 Å². The number of carbonyl (C=O) groups excluding carboxylic acids is 2. The highest BCUT2D eigenvalue weighted by Crippen LogP contribution is 2.25. The van der Waals surface area contributed by atoms with E-state index < -0.39 is 5.97 Å². The predicted molar refractivity (Wildman–Crippen MR) is 118 cm³/mol. The van der Waals surface area contributed by atoms with Gasteiger partial charge in [-0.1, -0.05) is 0 Å². The zero-order valence-corrected chi connectivity index (χ0v) is 18.5. The number of hydrogen-bond acceptors (Lipinski definition) is 9. The smallest absolute Gasteiger partial charge is 0.303 e. The average molecular weight is 444 g/mol. The van der Waals surface area contributed by atoms with E-state index in [1.54, 1.807) is 7.11 Å². The summed E-state index contributed by atoms with van der Waals surface area (Å²) in [6, 6.07) is 5.71. The van der Waals surface area contributed by atoms with E-state index in [0.29, 0.717) is 43.5 Å². The number of fused-ring (bicyclic) bond motifs is 3. The number of aryl methyl sites for hydroxylation is 1. The highest BCUT2D eigenvalue weighted by molar-refractivity contribution is 5.84. The number of esters is 1. The molecule has 0 spiro atoms. The van der Waals surface area contributed by atoms with Crippen LogP contribution in [0.4, 0.5) is 5.82 Å². The highest BCUT2D eigenvalue weighted by Gasteiger charge is 2.13. The van der Waals surface area contributed by atoms with Crippen molar-refractivity contribution in [3.63, 3.8) is 0 Å². The number of hydrogen-bond donors (Lipinski definition) is 2. The van der Waals surface area contributed by atoms with E-state index in [2.05, 4.69) is 25.6 Å². The first kappa shape index (κ1) is 23.2. The summed E-state index contributed by atoms with van der Waals surface area (Å²) in [6.45, 7) is 5.01. The van der Waals surface area contributed by atoms with Crippen molar-refractivity contribution in [2.45, 2.75) is 26.7 Å². The van der Waals surface area contributed by atoms with Gasteiger partial charge in [-0.25, -0.2) is 4.98 Å². The maximum atomic E-state index is 11.5. The highest BCUT2D eigenvalue weighted by atomic mass is 16.5. The number of carbonyl (C=O) groups is 2. The normalized spacial score (nSPS) is 11.0. The predicted octanol–water partition coefficient (Wildman–Crippen LogP) is 1.48. The Labute approximate surface area is 185 Å². The Kier molecular flexibility index (Phi) is 8.14. The van der Waals surface area contributed by atoms with Crippen molar-refractivity contribution in [2.24, 2.45) is 0 Å². The molecule has 32 heavy (non-hydrogen) atoms. The van der Waals surface area contributed by atoms with Crippen molar-refractivity contribution in [1.82, 2.24) is 24.9 Å². The molecule has 0 saturated heterocycles. The number of methoxy groups -OCH3 is 1. The number of ether oxygens (including phenoxy) is 3. The minimum Gasteiger partial charge on any atom is -0.491 e. The Hall–Kier alpha value is -3.47. The van der Waals surface area contributed by atoms with Gasteiger partial charge < -0.3 is 24.8 Å². The minimum absolute atomic E-state index is 0.254. The summed E-state index contributed by atoms with van der Waals surface area (Å²) in [4.78, 5) is 27.0. The van der Waals surface area contributed by atoms with Gasteiger partial charge in [0.15, 0.2) is 12.4 Å². The van der Waals surface area contributed by atoms with E-state index >= 15 is 0 Å². The van der Waals surface area contributed by atoms with Crippen molar-refractivity contribution in [3.8, 4) is 5.75 Å².